The van der Waals surface area contributed by atoms with E-state index >= 15 is 0 Å². The summed E-state index contributed by atoms with van der Waals surface area (Å²) < 4.78 is 41.4. The summed E-state index contributed by atoms with van der Waals surface area (Å²) in [4.78, 5) is 36.7. The fraction of sp³-hybridized carbons (Fsp3) is 0.614. The highest BCUT2D eigenvalue weighted by molar-refractivity contribution is 14.1. The van der Waals surface area contributed by atoms with E-state index in [9.17, 15) is 5.26 Å². The van der Waals surface area contributed by atoms with Gasteiger partial charge in [0.2, 0.25) is 0 Å². The largest absolute Gasteiger partial charge is 0.381 e. The Morgan fingerprint density at radius 2 is 0.757 bits per heavy atom. The van der Waals surface area contributed by atoms with Crippen molar-refractivity contribution in [3.05, 3.63) is 100.0 Å². The number of aromatic nitrogens is 9. The lowest BCUT2D eigenvalue weighted by atomic mass is 9.94. The predicted molar refractivity (Wildman–Crippen MR) is 470 cm³/mol. The molecule has 0 saturated carbocycles. The highest BCUT2D eigenvalue weighted by Gasteiger charge is 2.37. The number of pyridine rings is 3. The van der Waals surface area contributed by atoms with Crippen LogP contribution in [0.1, 0.15) is 195 Å². The normalized spacial score (nSPS) is 24.4. The number of rotatable bonds is 17. The van der Waals surface area contributed by atoms with E-state index in [1.54, 1.807) is 0 Å². The molecule has 6 aromatic heterocycles. The van der Waals surface area contributed by atoms with E-state index in [-0.39, 0.29) is 6.04 Å². The van der Waals surface area contributed by atoms with E-state index in [4.69, 9.17) is 47.5 Å². The summed E-state index contributed by atoms with van der Waals surface area (Å²) in [5, 5.41) is 44.2. The molecule has 10 atom stereocenters. The number of ether oxygens (including phenoxy) is 4. The standard InChI is InChI=1S/C27H34N6O2.C26H34IN5O2.C25H32IN5O2.C10H20N2O/c1-5-19-13-20(15-28)25-23(14-19)17(3)24(27-29-18(4)32-35-27)26(31-25)33-9-6-22(12-16(33)2)30-21-7-10-34-11-8-21;1-5-18-13-21-16(3)23(26-28-17(4)31-34-26)25(30-24(21)22(27)14-18)32-9-6-20(12-15(32)2)29-19-7-10-33-11-8-19;1-5-17-11-20-15(3)22(25-27-16(4)30-33-25)24(29-23(20)21(26)12-17)31-8-6-18(10-14(31)2)28-19-7-9-32-13-19;1-8-6-9(2-4-11-8)12-10-3-5-13-7-10/h13-14,16,21-22,30H,5-12H2,1-4H3;13-15,19-20,29H,5-12H2,1-4H3;11-12,14,18-19,28H,5-10,13H2,1-4H3;8-12H,2-7H2,1H3/t16-,22-;15-,20-;14-,18-,19+;8-,9-,10+/m1111/s1. The van der Waals surface area contributed by atoms with E-state index in [0.717, 1.165) is 247 Å². The summed E-state index contributed by atoms with van der Waals surface area (Å²) >= 11 is 4.85. The van der Waals surface area contributed by atoms with Crippen molar-refractivity contribution >= 4 is 95.3 Å². The molecule has 3 aromatic carbocycles. The highest BCUT2D eigenvalue weighted by atomic mass is 127. The highest BCUT2D eigenvalue weighted by Crippen LogP contribution is 2.44. The second-order valence-electron chi connectivity index (χ2n) is 33.3. The maximum absolute atomic E-state index is 9.92. The molecule has 0 amide bonds. The SMILES string of the molecule is CCc1cc(C#N)c2nc(N3CC[C@@H](NC4CCOCC4)C[C@H]3C)c(-c3nc(C)no3)c(C)c2c1.CCc1cc(I)c2nc(N3CC[C@@H](NC4CCOCC4)C[C@H]3C)c(-c3nc(C)no3)c(C)c2c1.CCc1cc(I)c2nc(N3CC[C@@H](N[C@H]4CCOC4)C[C@H]3C)c(-c3nc(C)no3)c(C)c2c1.C[C@@H]1C[C@H](N[C@H]2CCOC2)CCN1. The summed E-state index contributed by atoms with van der Waals surface area (Å²) in [5.74, 6) is 6.24. The third-order valence-corrected chi connectivity index (χ3v) is 26.5. The lowest BCUT2D eigenvalue weighted by Crippen LogP contribution is -2.51. The van der Waals surface area contributed by atoms with Crippen LogP contribution in [0.2, 0.25) is 0 Å². The zero-order valence-corrected chi connectivity index (χ0v) is 74.1. The molecule has 8 aliphatic heterocycles. The average Bonchev–Trinajstić information content (AvgIpc) is 1.75. The van der Waals surface area contributed by atoms with Crippen LogP contribution in [0.25, 0.3) is 67.1 Å². The van der Waals surface area contributed by atoms with Gasteiger partial charge in [-0.05, 0) is 300 Å². The van der Waals surface area contributed by atoms with E-state index < -0.39 is 0 Å². The number of nitrogens with zero attached hydrogens (tertiary/aromatic N) is 13. The van der Waals surface area contributed by atoms with E-state index in [2.05, 4.69) is 223 Å². The number of fused-ring (bicyclic) bond motifs is 3. The first kappa shape index (κ1) is 84.7. The number of halogens is 2. The van der Waals surface area contributed by atoms with Crippen LogP contribution in [0.5, 0.6) is 0 Å². The molecule has 618 valence electrons. The fourth-order valence-corrected chi connectivity index (χ4v) is 20.1. The van der Waals surface area contributed by atoms with Gasteiger partial charge in [0.15, 0.2) is 17.5 Å². The molecule has 14 heterocycles. The first-order valence-electron chi connectivity index (χ1n) is 42.6. The van der Waals surface area contributed by atoms with Crippen LogP contribution >= 0.6 is 45.2 Å². The van der Waals surface area contributed by atoms with Gasteiger partial charge in [0.05, 0.1) is 52.0 Å². The van der Waals surface area contributed by atoms with Gasteiger partial charge >= 0.3 is 0 Å². The Labute approximate surface area is 705 Å². The van der Waals surface area contributed by atoms with Gasteiger partial charge in [0, 0.05) is 155 Å². The van der Waals surface area contributed by atoms with Crippen molar-refractivity contribution in [3.63, 3.8) is 0 Å². The molecule has 0 aliphatic carbocycles. The Hall–Kier alpha value is -6.70. The Balaban J connectivity index is 0.000000132. The predicted octanol–water partition coefficient (Wildman–Crippen LogP) is 15.0. The summed E-state index contributed by atoms with van der Waals surface area (Å²) in [5.41, 5.74) is 13.4. The molecule has 5 N–H and O–H groups in total. The lowest BCUT2D eigenvalue weighted by molar-refractivity contribution is 0.0731. The van der Waals surface area contributed by atoms with Crippen LogP contribution in [-0.2, 0) is 38.2 Å². The van der Waals surface area contributed by atoms with Gasteiger partial charge in [0.1, 0.15) is 23.5 Å². The van der Waals surface area contributed by atoms with Crippen LogP contribution in [0.4, 0.5) is 17.5 Å². The number of piperidine rings is 4. The molecule has 27 heteroatoms. The van der Waals surface area contributed by atoms with Crippen molar-refractivity contribution in [2.75, 3.05) is 93.7 Å². The van der Waals surface area contributed by atoms with E-state index in [1.165, 1.54) is 48.3 Å². The smallest absolute Gasteiger partial charge is 0.261 e. The van der Waals surface area contributed by atoms with Crippen LogP contribution in [0.15, 0.2) is 50.0 Å². The minimum Gasteiger partial charge on any atom is -0.381 e. The summed E-state index contributed by atoms with van der Waals surface area (Å²) in [6.07, 6.45) is 18.4. The second kappa shape index (κ2) is 39.0. The number of benzene rings is 3. The van der Waals surface area contributed by atoms with Gasteiger partial charge in [-0.25, -0.2) is 15.0 Å². The zero-order valence-electron chi connectivity index (χ0n) is 69.8. The molecule has 8 fully saturated rings. The zero-order chi connectivity index (χ0) is 80.6. The fourth-order valence-electron chi connectivity index (χ4n) is 18.5. The van der Waals surface area contributed by atoms with Gasteiger partial charge in [-0.15, -0.1) is 0 Å². The van der Waals surface area contributed by atoms with Crippen molar-refractivity contribution in [2.24, 2.45) is 0 Å². The molecular formula is C88H120I2N18O7. The van der Waals surface area contributed by atoms with Crippen molar-refractivity contribution < 1.29 is 32.5 Å². The third kappa shape index (κ3) is 20.1. The molecule has 0 unspecified atom stereocenters. The van der Waals surface area contributed by atoms with Crippen LogP contribution in [0, 0.1) is 60.0 Å². The summed E-state index contributed by atoms with van der Waals surface area (Å²) in [6.45, 7) is 38.5. The van der Waals surface area contributed by atoms with Gasteiger partial charge in [-0.2, -0.15) is 20.2 Å². The van der Waals surface area contributed by atoms with Crippen molar-refractivity contribution in [3.8, 4) is 40.4 Å². The molecule has 17 rings (SSSR count). The molecule has 9 aromatic rings. The number of anilines is 3. The number of nitrogens with one attached hydrogen (secondary N) is 5. The summed E-state index contributed by atoms with van der Waals surface area (Å²) in [6, 6.07) is 21.6. The van der Waals surface area contributed by atoms with E-state index in [0.29, 0.717) is 107 Å². The molecular weight excluding hydrogens is 1670 g/mol. The molecule has 115 heavy (non-hydrogen) atoms. The van der Waals surface area contributed by atoms with Crippen LogP contribution in [-0.4, -0.2) is 197 Å². The molecule has 8 aliphatic rings. The van der Waals surface area contributed by atoms with Crippen LogP contribution in [0.3, 0.4) is 0 Å². The minimum atomic E-state index is 0.272. The average molecular weight is 1800 g/mol. The second-order valence-corrected chi connectivity index (χ2v) is 35.7. The number of hydrogen-bond donors (Lipinski definition) is 5. The van der Waals surface area contributed by atoms with Crippen molar-refractivity contribution in [1.29, 1.82) is 5.26 Å². The van der Waals surface area contributed by atoms with Gasteiger partial charge in [-0.3, -0.25) is 0 Å². The van der Waals surface area contributed by atoms with Crippen LogP contribution < -0.4 is 41.3 Å². The van der Waals surface area contributed by atoms with E-state index in [1.807, 2.05) is 26.8 Å². The Morgan fingerprint density at radius 1 is 0.417 bits per heavy atom. The number of aryl methyl sites for hydroxylation is 9. The number of hydrogen-bond acceptors (Lipinski definition) is 25. The third-order valence-electron chi connectivity index (χ3n) is 24.9. The minimum absolute atomic E-state index is 0.272. The van der Waals surface area contributed by atoms with Gasteiger partial charge in [0.25, 0.3) is 17.7 Å². The Morgan fingerprint density at radius 3 is 1.09 bits per heavy atom. The maximum atomic E-state index is 9.92. The van der Waals surface area contributed by atoms with Gasteiger partial charge in [-0.1, -0.05) is 36.2 Å². The molecule has 0 spiro atoms. The molecule has 0 bridgehead atoms. The van der Waals surface area contributed by atoms with Crippen molar-refractivity contribution in [1.82, 2.24) is 72.0 Å². The first-order valence-corrected chi connectivity index (χ1v) is 44.8. The summed E-state index contributed by atoms with van der Waals surface area (Å²) in [7, 11) is 0. The topological polar surface area (TPSA) is 286 Å². The monoisotopic (exact) mass is 1790 g/mol. The first-order chi connectivity index (χ1) is 55.7. The molecule has 8 saturated heterocycles. The Bertz CT molecular complexity index is 4830. The maximum Gasteiger partial charge on any atom is 0.261 e. The number of nitriles is 1. The molecule has 25 nitrogen and oxygen atoms in total. The Kier molecular flexibility index (Phi) is 28.7. The van der Waals surface area contributed by atoms with Crippen molar-refractivity contribution in [2.45, 2.75) is 272 Å². The lowest BCUT2D eigenvalue weighted by Gasteiger charge is -2.41. The molecule has 0 radical (unpaired) electrons. The quantitative estimate of drug-likeness (QED) is 0.0529. The van der Waals surface area contributed by atoms with Gasteiger partial charge < -0.3 is 73.8 Å².